The third kappa shape index (κ3) is 1.56. The minimum absolute atomic E-state index is 0.782. The number of carbonyl (C=O) groups excluding carboxylic acids is 1. The predicted molar refractivity (Wildman–Crippen MR) is 41.5 cm³/mol. The molecule has 0 saturated heterocycles. The first kappa shape index (κ1) is 6.83. The summed E-state index contributed by atoms with van der Waals surface area (Å²) in [7, 11) is 0. The molecular formula is C6H6OS2. The van der Waals surface area contributed by atoms with Gasteiger partial charge in [0.2, 0.25) is 0 Å². The van der Waals surface area contributed by atoms with Gasteiger partial charge in [-0.2, -0.15) is 0 Å². The van der Waals surface area contributed by atoms with Crippen LogP contribution in [0.2, 0.25) is 0 Å². The summed E-state index contributed by atoms with van der Waals surface area (Å²) in [6.45, 7) is 0. The summed E-state index contributed by atoms with van der Waals surface area (Å²) in [6, 6.07) is 1.89. The second-order valence-electron chi connectivity index (χ2n) is 1.52. The normalized spacial score (nSPS) is 9.44. The Morgan fingerprint density at radius 1 is 1.78 bits per heavy atom. The maximum atomic E-state index is 10.1. The average Bonchev–Trinajstić information content (AvgIpc) is 2.34. The summed E-state index contributed by atoms with van der Waals surface area (Å²) in [5, 5.41) is 1.86. The molecule has 0 aromatic carbocycles. The monoisotopic (exact) mass is 158 g/mol. The fourth-order valence-electron chi connectivity index (χ4n) is 0.499. The number of aldehydes is 1. The number of hydrogen-bond donors (Lipinski definition) is 0. The molecule has 0 saturated carbocycles. The lowest BCUT2D eigenvalue weighted by Gasteiger charge is -1.79. The van der Waals surface area contributed by atoms with Crippen LogP contribution >= 0.6 is 23.1 Å². The minimum atomic E-state index is 0.782. The highest BCUT2D eigenvalue weighted by molar-refractivity contribution is 8.00. The Kier molecular flexibility index (Phi) is 2.30. The van der Waals surface area contributed by atoms with Crippen molar-refractivity contribution < 1.29 is 4.79 Å². The van der Waals surface area contributed by atoms with Crippen LogP contribution in [-0.2, 0) is 0 Å². The SMILES string of the molecule is CSc1cc(C=O)cs1. The van der Waals surface area contributed by atoms with Gasteiger partial charge < -0.3 is 0 Å². The molecule has 0 aliphatic heterocycles. The summed E-state index contributed by atoms with van der Waals surface area (Å²) in [4.78, 5) is 10.1. The van der Waals surface area contributed by atoms with Crippen molar-refractivity contribution >= 4 is 29.4 Å². The smallest absolute Gasteiger partial charge is 0.150 e. The van der Waals surface area contributed by atoms with Gasteiger partial charge in [0, 0.05) is 10.9 Å². The first-order chi connectivity index (χ1) is 4.36. The quantitative estimate of drug-likeness (QED) is 0.485. The van der Waals surface area contributed by atoms with E-state index in [0.29, 0.717) is 0 Å². The van der Waals surface area contributed by atoms with Crippen molar-refractivity contribution in [1.82, 2.24) is 0 Å². The van der Waals surface area contributed by atoms with Crippen molar-refractivity contribution in [3.05, 3.63) is 17.0 Å². The van der Waals surface area contributed by atoms with Crippen molar-refractivity contribution in [2.24, 2.45) is 0 Å². The van der Waals surface area contributed by atoms with Crippen LogP contribution in [0.15, 0.2) is 15.7 Å². The van der Waals surface area contributed by atoms with Gasteiger partial charge in [0.25, 0.3) is 0 Å². The second kappa shape index (κ2) is 3.03. The minimum Gasteiger partial charge on any atom is -0.298 e. The molecular weight excluding hydrogens is 152 g/mol. The predicted octanol–water partition coefficient (Wildman–Crippen LogP) is 2.28. The molecule has 1 rings (SSSR count). The Morgan fingerprint density at radius 2 is 2.56 bits per heavy atom. The Morgan fingerprint density at radius 3 is 2.89 bits per heavy atom. The van der Waals surface area contributed by atoms with Crippen molar-refractivity contribution in [1.29, 1.82) is 0 Å². The number of thiophene rings is 1. The lowest BCUT2D eigenvalue weighted by atomic mass is 10.4. The molecule has 0 radical (unpaired) electrons. The molecule has 1 heterocycles. The molecule has 1 aromatic heterocycles. The molecule has 0 bridgehead atoms. The van der Waals surface area contributed by atoms with Gasteiger partial charge in [-0.25, -0.2) is 0 Å². The van der Waals surface area contributed by atoms with Gasteiger partial charge in [-0.15, -0.1) is 23.1 Å². The molecule has 0 aliphatic carbocycles. The molecule has 1 aromatic rings. The molecule has 0 spiro atoms. The third-order valence-electron chi connectivity index (χ3n) is 0.933. The van der Waals surface area contributed by atoms with Gasteiger partial charge in [0.05, 0.1) is 4.21 Å². The van der Waals surface area contributed by atoms with Gasteiger partial charge >= 0.3 is 0 Å². The Balaban J connectivity index is 2.86. The van der Waals surface area contributed by atoms with E-state index in [2.05, 4.69) is 0 Å². The van der Waals surface area contributed by atoms with E-state index in [1.54, 1.807) is 23.1 Å². The number of rotatable bonds is 2. The topological polar surface area (TPSA) is 17.1 Å². The van der Waals surface area contributed by atoms with Crippen LogP contribution in [0.1, 0.15) is 10.4 Å². The Labute approximate surface area is 62.1 Å². The molecule has 0 aliphatic rings. The van der Waals surface area contributed by atoms with Crippen LogP contribution in [0, 0.1) is 0 Å². The zero-order valence-corrected chi connectivity index (χ0v) is 6.59. The van der Waals surface area contributed by atoms with Crippen LogP contribution in [0.4, 0.5) is 0 Å². The van der Waals surface area contributed by atoms with Crippen LogP contribution in [0.5, 0.6) is 0 Å². The fraction of sp³-hybridized carbons (Fsp3) is 0.167. The number of thioether (sulfide) groups is 1. The van der Waals surface area contributed by atoms with E-state index >= 15 is 0 Å². The lowest BCUT2D eigenvalue weighted by molar-refractivity contribution is 0.112. The van der Waals surface area contributed by atoms with E-state index in [1.807, 2.05) is 17.7 Å². The van der Waals surface area contributed by atoms with Crippen molar-refractivity contribution in [3.63, 3.8) is 0 Å². The second-order valence-corrected chi connectivity index (χ2v) is 3.54. The molecule has 0 amide bonds. The highest BCUT2D eigenvalue weighted by atomic mass is 32.2. The summed E-state index contributed by atoms with van der Waals surface area (Å²) >= 11 is 3.27. The Hall–Kier alpha value is -0.280. The molecule has 0 atom stereocenters. The van der Waals surface area contributed by atoms with Gasteiger partial charge in [0.15, 0.2) is 6.29 Å². The van der Waals surface area contributed by atoms with Gasteiger partial charge in [-0.1, -0.05) is 0 Å². The van der Waals surface area contributed by atoms with Gasteiger partial charge in [-0.05, 0) is 12.3 Å². The van der Waals surface area contributed by atoms with Gasteiger partial charge in [0.1, 0.15) is 0 Å². The van der Waals surface area contributed by atoms with E-state index in [-0.39, 0.29) is 0 Å². The molecule has 48 valence electrons. The first-order valence-electron chi connectivity index (χ1n) is 2.44. The summed E-state index contributed by atoms with van der Waals surface area (Å²) in [5.41, 5.74) is 0.782. The first-order valence-corrected chi connectivity index (χ1v) is 4.55. The fourth-order valence-corrected chi connectivity index (χ4v) is 1.86. The van der Waals surface area contributed by atoms with E-state index in [0.717, 1.165) is 11.8 Å². The van der Waals surface area contributed by atoms with E-state index in [9.17, 15) is 4.79 Å². The van der Waals surface area contributed by atoms with Crippen molar-refractivity contribution in [2.45, 2.75) is 4.21 Å². The zero-order valence-electron chi connectivity index (χ0n) is 4.96. The molecule has 9 heavy (non-hydrogen) atoms. The zero-order chi connectivity index (χ0) is 6.69. The van der Waals surface area contributed by atoms with E-state index in [4.69, 9.17) is 0 Å². The number of hydrogen-bond acceptors (Lipinski definition) is 3. The van der Waals surface area contributed by atoms with Crippen LogP contribution < -0.4 is 0 Å². The largest absolute Gasteiger partial charge is 0.298 e. The average molecular weight is 158 g/mol. The maximum absolute atomic E-state index is 10.1. The molecule has 3 heteroatoms. The van der Waals surface area contributed by atoms with Crippen LogP contribution in [0.3, 0.4) is 0 Å². The maximum Gasteiger partial charge on any atom is 0.150 e. The van der Waals surface area contributed by atoms with E-state index < -0.39 is 0 Å². The highest BCUT2D eigenvalue weighted by Crippen LogP contribution is 2.22. The van der Waals surface area contributed by atoms with Crippen molar-refractivity contribution in [2.75, 3.05) is 6.26 Å². The van der Waals surface area contributed by atoms with E-state index in [1.165, 1.54) is 4.21 Å². The standard InChI is InChI=1S/C6H6OS2/c1-8-6-2-5(3-7)4-9-6/h2-4H,1H3. The van der Waals surface area contributed by atoms with Gasteiger partial charge in [-0.3, -0.25) is 4.79 Å². The highest BCUT2D eigenvalue weighted by Gasteiger charge is 1.94. The Bertz CT molecular complexity index is 205. The molecule has 0 N–H and O–H groups in total. The van der Waals surface area contributed by atoms with Crippen LogP contribution in [-0.4, -0.2) is 12.5 Å². The van der Waals surface area contributed by atoms with Crippen molar-refractivity contribution in [3.8, 4) is 0 Å². The number of carbonyl (C=O) groups is 1. The molecule has 0 unspecified atom stereocenters. The summed E-state index contributed by atoms with van der Waals surface area (Å²) in [6.07, 6.45) is 2.87. The molecule has 1 nitrogen and oxygen atoms in total. The summed E-state index contributed by atoms with van der Waals surface area (Å²) < 4.78 is 1.19. The molecule has 0 fully saturated rings. The summed E-state index contributed by atoms with van der Waals surface area (Å²) in [5.74, 6) is 0. The lowest BCUT2D eigenvalue weighted by Crippen LogP contribution is -1.66. The third-order valence-corrected chi connectivity index (χ3v) is 2.98. The van der Waals surface area contributed by atoms with Crippen LogP contribution in [0.25, 0.3) is 0 Å².